The average molecular weight is 276 g/mol. The zero-order valence-electron chi connectivity index (χ0n) is 10.8. The second-order valence-corrected chi connectivity index (χ2v) is 5.65. The van der Waals surface area contributed by atoms with E-state index in [9.17, 15) is 9.50 Å². The molecule has 19 heavy (non-hydrogen) atoms. The van der Waals surface area contributed by atoms with E-state index in [1.807, 2.05) is 37.3 Å². The SMILES string of the molecule is Cc1cc(F)ccc1CC(O)CSc1ccccc1. The van der Waals surface area contributed by atoms with Crippen LogP contribution in [0, 0.1) is 12.7 Å². The summed E-state index contributed by atoms with van der Waals surface area (Å²) in [6, 6.07) is 14.7. The van der Waals surface area contributed by atoms with Crippen LogP contribution in [0.5, 0.6) is 0 Å². The van der Waals surface area contributed by atoms with E-state index in [0.29, 0.717) is 12.2 Å². The summed E-state index contributed by atoms with van der Waals surface area (Å²) in [7, 11) is 0. The molecule has 0 saturated carbocycles. The molecule has 0 aliphatic carbocycles. The second kappa shape index (κ2) is 6.73. The van der Waals surface area contributed by atoms with Gasteiger partial charge in [0, 0.05) is 10.6 Å². The lowest BCUT2D eigenvalue weighted by atomic mass is 10.0. The maximum atomic E-state index is 13.0. The molecule has 0 amide bonds. The summed E-state index contributed by atoms with van der Waals surface area (Å²) in [5.74, 6) is 0.412. The van der Waals surface area contributed by atoms with Crippen molar-refractivity contribution < 1.29 is 9.50 Å². The lowest BCUT2D eigenvalue weighted by Gasteiger charge is -2.12. The molecule has 0 bridgehead atoms. The van der Waals surface area contributed by atoms with Crippen LogP contribution in [0.1, 0.15) is 11.1 Å². The third-order valence-electron chi connectivity index (χ3n) is 2.95. The van der Waals surface area contributed by atoms with Gasteiger partial charge < -0.3 is 5.11 Å². The molecule has 1 atom stereocenters. The lowest BCUT2D eigenvalue weighted by molar-refractivity contribution is 0.200. The molecule has 0 aromatic heterocycles. The fourth-order valence-electron chi connectivity index (χ4n) is 1.91. The molecule has 0 heterocycles. The minimum atomic E-state index is -0.422. The fourth-order valence-corrected chi connectivity index (χ4v) is 2.76. The smallest absolute Gasteiger partial charge is 0.123 e. The average Bonchev–Trinajstić information content (AvgIpc) is 2.41. The van der Waals surface area contributed by atoms with Crippen LogP contribution in [0.15, 0.2) is 53.4 Å². The van der Waals surface area contributed by atoms with E-state index in [0.717, 1.165) is 16.0 Å². The van der Waals surface area contributed by atoms with Crippen LogP contribution < -0.4 is 0 Å². The van der Waals surface area contributed by atoms with E-state index in [4.69, 9.17) is 0 Å². The Labute approximate surface area is 117 Å². The van der Waals surface area contributed by atoms with Gasteiger partial charge in [-0.25, -0.2) is 4.39 Å². The molecule has 2 aromatic carbocycles. The number of rotatable bonds is 5. The molecular formula is C16H17FOS. The summed E-state index contributed by atoms with van der Waals surface area (Å²) in [6.07, 6.45) is 0.140. The quantitative estimate of drug-likeness (QED) is 0.838. The Bertz CT molecular complexity index is 528. The van der Waals surface area contributed by atoms with Gasteiger partial charge in [0.15, 0.2) is 0 Å². The molecule has 2 aromatic rings. The van der Waals surface area contributed by atoms with E-state index < -0.39 is 6.10 Å². The molecule has 3 heteroatoms. The van der Waals surface area contributed by atoms with Gasteiger partial charge in [0.25, 0.3) is 0 Å². The van der Waals surface area contributed by atoms with Gasteiger partial charge in [-0.15, -0.1) is 11.8 Å². The van der Waals surface area contributed by atoms with E-state index in [1.165, 1.54) is 12.1 Å². The number of benzene rings is 2. The molecule has 100 valence electrons. The van der Waals surface area contributed by atoms with Gasteiger partial charge in [0.2, 0.25) is 0 Å². The van der Waals surface area contributed by atoms with Crippen LogP contribution in [-0.2, 0) is 6.42 Å². The van der Waals surface area contributed by atoms with Crippen LogP contribution in [0.2, 0.25) is 0 Å². The molecule has 1 N–H and O–H groups in total. The summed E-state index contributed by atoms with van der Waals surface area (Å²) in [4.78, 5) is 1.15. The number of thioether (sulfide) groups is 1. The highest BCUT2D eigenvalue weighted by Crippen LogP contribution is 2.20. The number of hydrogen-bond acceptors (Lipinski definition) is 2. The zero-order chi connectivity index (χ0) is 13.7. The maximum Gasteiger partial charge on any atom is 0.123 e. The van der Waals surface area contributed by atoms with Gasteiger partial charge in [-0.2, -0.15) is 0 Å². The third-order valence-corrected chi connectivity index (χ3v) is 4.10. The number of halogens is 1. The van der Waals surface area contributed by atoms with Gasteiger partial charge in [0.1, 0.15) is 5.82 Å². The highest BCUT2D eigenvalue weighted by Gasteiger charge is 2.09. The highest BCUT2D eigenvalue weighted by molar-refractivity contribution is 7.99. The zero-order valence-corrected chi connectivity index (χ0v) is 11.7. The van der Waals surface area contributed by atoms with Crippen molar-refractivity contribution >= 4 is 11.8 Å². The number of aliphatic hydroxyl groups is 1. The van der Waals surface area contributed by atoms with E-state index in [2.05, 4.69) is 0 Å². The minimum absolute atomic E-state index is 0.227. The van der Waals surface area contributed by atoms with Crippen molar-refractivity contribution in [3.8, 4) is 0 Å². The number of aryl methyl sites for hydroxylation is 1. The van der Waals surface area contributed by atoms with Gasteiger partial charge in [-0.05, 0) is 48.7 Å². The van der Waals surface area contributed by atoms with Gasteiger partial charge in [0.05, 0.1) is 6.10 Å². The van der Waals surface area contributed by atoms with Crippen molar-refractivity contribution in [1.29, 1.82) is 0 Å². The molecule has 0 aliphatic rings. The lowest BCUT2D eigenvalue weighted by Crippen LogP contribution is -2.14. The number of aliphatic hydroxyl groups excluding tert-OH is 1. The van der Waals surface area contributed by atoms with Crippen LogP contribution in [0.3, 0.4) is 0 Å². The Balaban J connectivity index is 1.89. The monoisotopic (exact) mass is 276 g/mol. The molecule has 2 rings (SSSR count). The molecule has 0 aliphatic heterocycles. The molecule has 0 saturated heterocycles. The topological polar surface area (TPSA) is 20.2 Å². The summed E-state index contributed by atoms with van der Waals surface area (Å²) in [6.45, 7) is 1.87. The number of hydrogen-bond donors (Lipinski definition) is 1. The van der Waals surface area contributed by atoms with Gasteiger partial charge >= 0.3 is 0 Å². The molecular weight excluding hydrogens is 259 g/mol. The standard InChI is InChI=1S/C16H17FOS/c1-12-9-14(17)8-7-13(12)10-15(18)11-19-16-5-3-2-4-6-16/h2-9,15,18H,10-11H2,1H3. The first-order valence-electron chi connectivity index (χ1n) is 6.26. The van der Waals surface area contributed by atoms with Crippen molar-refractivity contribution in [3.63, 3.8) is 0 Å². The van der Waals surface area contributed by atoms with Crippen molar-refractivity contribution in [2.45, 2.75) is 24.3 Å². The highest BCUT2D eigenvalue weighted by atomic mass is 32.2. The van der Waals surface area contributed by atoms with Crippen molar-refractivity contribution in [3.05, 3.63) is 65.5 Å². The van der Waals surface area contributed by atoms with Gasteiger partial charge in [-0.3, -0.25) is 0 Å². The largest absolute Gasteiger partial charge is 0.392 e. The minimum Gasteiger partial charge on any atom is -0.392 e. The van der Waals surface area contributed by atoms with Crippen LogP contribution in [-0.4, -0.2) is 17.0 Å². The van der Waals surface area contributed by atoms with Crippen LogP contribution in [0.4, 0.5) is 4.39 Å². The molecule has 0 radical (unpaired) electrons. The summed E-state index contributed by atoms with van der Waals surface area (Å²) in [5.41, 5.74) is 1.89. The summed E-state index contributed by atoms with van der Waals surface area (Å²) >= 11 is 1.63. The third kappa shape index (κ3) is 4.37. The Morgan fingerprint density at radius 2 is 1.89 bits per heavy atom. The molecule has 1 nitrogen and oxygen atoms in total. The van der Waals surface area contributed by atoms with Crippen molar-refractivity contribution in [2.24, 2.45) is 0 Å². The Kier molecular flexibility index (Phi) is 5.00. The first-order chi connectivity index (χ1) is 9.15. The molecule has 0 spiro atoms. The normalized spacial score (nSPS) is 12.4. The molecule has 0 fully saturated rings. The first-order valence-corrected chi connectivity index (χ1v) is 7.24. The van der Waals surface area contributed by atoms with Gasteiger partial charge in [-0.1, -0.05) is 24.3 Å². The second-order valence-electron chi connectivity index (χ2n) is 4.55. The Morgan fingerprint density at radius 3 is 2.58 bits per heavy atom. The Morgan fingerprint density at radius 1 is 1.16 bits per heavy atom. The predicted octanol–water partition coefficient (Wildman–Crippen LogP) is 3.83. The summed E-state index contributed by atoms with van der Waals surface area (Å²) in [5, 5.41) is 10.0. The molecule has 1 unspecified atom stereocenters. The van der Waals surface area contributed by atoms with Crippen molar-refractivity contribution in [2.75, 3.05) is 5.75 Å². The van der Waals surface area contributed by atoms with E-state index in [1.54, 1.807) is 17.8 Å². The van der Waals surface area contributed by atoms with Crippen LogP contribution in [0.25, 0.3) is 0 Å². The Hall–Kier alpha value is -1.32. The fraction of sp³-hybridized carbons (Fsp3) is 0.250. The summed E-state index contributed by atoms with van der Waals surface area (Å²) < 4.78 is 13.0. The van der Waals surface area contributed by atoms with Crippen LogP contribution >= 0.6 is 11.8 Å². The maximum absolute atomic E-state index is 13.0. The predicted molar refractivity (Wildman–Crippen MR) is 78.0 cm³/mol. The first kappa shape index (κ1) is 14.1. The van der Waals surface area contributed by atoms with E-state index in [-0.39, 0.29) is 5.82 Å². The van der Waals surface area contributed by atoms with Crippen molar-refractivity contribution in [1.82, 2.24) is 0 Å². The van der Waals surface area contributed by atoms with E-state index >= 15 is 0 Å².